The van der Waals surface area contributed by atoms with Gasteiger partial charge >= 0.3 is 0 Å². The number of aromatic nitrogens is 1. The molecule has 2 nitrogen and oxygen atoms in total. The van der Waals surface area contributed by atoms with Crippen LogP contribution in [-0.2, 0) is 13.0 Å². The van der Waals surface area contributed by atoms with Gasteiger partial charge in [0.05, 0.1) is 5.69 Å². The first kappa shape index (κ1) is 13.3. The van der Waals surface area contributed by atoms with E-state index in [-0.39, 0.29) is 0 Å². The van der Waals surface area contributed by atoms with Crippen LogP contribution in [0.1, 0.15) is 47.6 Å². The molecule has 1 aromatic carbocycles. The highest BCUT2D eigenvalue weighted by molar-refractivity contribution is 6.30. The minimum atomic E-state index is 0.399. The van der Waals surface area contributed by atoms with Gasteiger partial charge < -0.3 is 5.32 Å². The number of fused-ring (bicyclic) bond motifs is 1. The molecule has 2 aromatic rings. The number of halogens is 1. The summed E-state index contributed by atoms with van der Waals surface area (Å²) in [6.07, 6.45) is 6.80. The molecule has 1 saturated carbocycles. The molecular weight excluding hydrogens is 280 g/mol. The molecular formula is C18H19ClN2. The first-order valence-electron chi connectivity index (χ1n) is 7.77. The Hall–Kier alpha value is -1.38. The van der Waals surface area contributed by atoms with Crippen LogP contribution in [0.15, 0.2) is 36.5 Å². The molecule has 1 aromatic heterocycles. The van der Waals surface area contributed by atoms with E-state index in [1.54, 1.807) is 0 Å². The average molecular weight is 299 g/mol. The third-order valence-electron chi connectivity index (χ3n) is 4.60. The van der Waals surface area contributed by atoms with Crippen molar-refractivity contribution in [3.8, 4) is 0 Å². The smallest absolute Gasteiger partial charge is 0.0510 e. The van der Waals surface area contributed by atoms with Crippen molar-refractivity contribution >= 4 is 11.6 Å². The van der Waals surface area contributed by atoms with Crippen molar-refractivity contribution in [1.82, 2.24) is 10.3 Å². The normalized spacial score (nSPS) is 20.5. The zero-order valence-corrected chi connectivity index (χ0v) is 12.7. The van der Waals surface area contributed by atoms with E-state index in [4.69, 9.17) is 11.6 Å². The summed E-state index contributed by atoms with van der Waals surface area (Å²) in [6, 6.07) is 11.3. The van der Waals surface area contributed by atoms with Crippen molar-refractivity contribution in [2.24, 2.45) is 0 Å². The van der Waals surface area contributed by atoms with Crippen LogP contribution >= 0.6 is 11.6 Å². The monoisotopic (exact) mass is 298 g/mol. The van der Waals surface area contributed by atoms with Crippen LogP contribution in [0, 0.1) is 0 Å². The molecule has 0 spiro atoms. The van der Waals surface area contributed by atoms with E-state index < -0.39 is 0 Å². The molecule has 0 saturated heterocycles. The Kier molecular flexibility index (Phi) is 3.44. The molecule has 2 aliphatic rings. The highest BCUT2D eigenvalue weighted by atomic mass is 35.5. The number of hydrogen-bond acceptors (Lipinski definition) is 2. The fourth-order valence-electron chi connectivity index (χ4n) is 3.31. The maximum atomic E-state index is 6.26. The summed E-state index contributed by atoms with van der Waals surface area (Å²) >= 11 is 6.26. The Balaban J connectivity index is 1.68. The minimum Gasteiger partial charge on any atom is -0.310 e. The number of pyridine rings is 1. The largest absolute Gasteiger partial charge is 0.310 e. The van der Waals surface area contributed by atoms with Gasteiger partial charge in [-0.05, 0) is 60.6 Å². The van der Waals surface area contributed by atoms with Crippen LogP contribution in [0.4, 0.5) is 0 Å². The Bertz CT molecular complexity index is 664. The number of nitrogens with one attached hydrogen (secondary N) is 1. The molecule has 0 radical (unpaired) electrons. The summed E-state index contributed by atoms with van der Waals surface area (Å²) in [7, 11) is 0. The quantitative estimate of drug-likeness (QED) is 0.920. The molecule has 1 fully saturated rings. The van der Waals surface area contributed by atoms with Gasteiger partial charge in [-0.15, -0.1) is 0 Å². The van der Waals surface area contributed by atoms with E-state index in [1.165, 1.54) is 35.2 Å². The third kappa shape index (κ3) is 2.70. The molecule has 108 valence electrons. The summed E-state index contributed by atoms with van der Waals surface area (Å²) < 4.78 is 0. The van der Waals surface area contributed by atoms with E-state index >= 15 is 0 Å². The van der Waals surface area contributed by atoms with Gasteiger partial charge in [-0.25, -0.2) is 0 Å². The second-order valence-electron chi connectivity index (χ2n) is 6.14. The van der Waals surface area contributed by atoms with Gasteiger partial charge in [0.1, 0.15) is 0 Å². The number of benzene rings is 1. The van der Waals surface area contributed by atoms with Gasteiger partial charge in [0.25, 0.3) is 0 Å². The lowest BCUT2D eigenvalue weighted by molar-refractivity contribution is 0.671. The van der Waals surface area contributed by atoms with Crippen molar-refractivity contribution in [1.29, 1.82) is 0 Å². The fraction of sp³-hybridized carbons (Fsp3) is 0.389. The Labute approximate surface area is 130 Å². The molecule has 2 aliphatic carbocycles. The number of aryl methyl sites for hydroxylation is 1. The second kappa shape index (κ2) is 5.43. The summed E-state index contributed by atoms with van der Waals surface area (Å²) in [5.41, 5.74) is 5.36. The number of nitrogens with zero attached hydrogens (tertiary/aromatic N) is 1. The molecule has 1 heterocycles. The average Bonchev–Trinajstić information content (AvgIpc) is 3.23. The third-order valence-corrected chi connectivity index (χ3v) is 4.84. The molecule has 1 unspecified atom stereocenters. The summed E-state index contributed by atoms with van der Waals surface area (Å²) in [6.45, 7) is 0.940. The Morgan fingerprint density at radius 2 is 2.10 bits per heavy atom. The molecule has 1 atom stereocenters. The molecule has 0 aliphatic heterocycles. The molecule has 0 amide bonds. The van der Waals surface area contributed by atoms with Crippen molar-refractivity contribution in [2.45, 2.75) is 44.2 Å². The highest BCUT2D eigenvalue weighted by Crippen LogP contribution is 2.39. The topological polar surface area (TPSA) is 24.9 Å². The lowest BCUT2D eigenvalue weighted by Gasteiger charge is -2.17. The van der Waals surface area contributed by atoms with E-state index in [9.17, 15) is 0 Å². The van der Waals surface area contributed by atoms with Gasteiger partial charge in [0.15, 0.2) is 0 Å². The summed E-state index contributed by atoms with van der Waals surface area (Å²) in [5.74, 6) is 0.399. The second-order valence-corrected chi connectivity index (χ2v) is 6.57. The molecule has 3 heteroatoms. The van der Waals surface area contributed by atoms with Crippen LogP contribution in [0.3, 0.4) is 0 Å². The zero-order chi connectivity index (χ0) is 14.2. The van der Waals surface area contributed by atoms with Crippen LogP contribution < -0.4 is 5.32 Å². The predicted molar refractivity (Wildman–Crippen MR) is 85.7 cm³/mol. The van der Waals surface area contributed by atoms with E-state index in [2.05, 4.69) is 28.5 Å². The number of hydrogen-bond donors (Lipinski definition) is 1. The van der Waals surface area contributed by atoms with Gasteiger partial charge in [-0.3, -0.25) is 4.98 Å². The first-order valence-corrected chi connectivity index (χ1v) is 8.14. The Morgan fingerprint density at radius 1 is 1.19 bits per heavy atom. The van der Waals surface area contributed by atoms with Crippen molar-refractivity contribution in [3.63, 3.8) is 0 Å². The van der Waals surface area contributed by atoms with Crippen LogP contribution in [-0.4, -0.2) is 11.0 Å². The van der Waals surface area contributed by atoms with Crippen LogP contribution in [0.2, 0.25) is 5.02 Å². The van der Waals surface area contributed by atoms with Crippen molar-refractivity contribution in [3.05, 3.63) is 63.9 Å². The van der Waals surface area contributed by atoms with E-state index in [0.29, 0.717) is 5.92 Å². The summed E-state index contributed by atoms with van der Waals surface area (Å²) in [5, 5.41) is 4.44. The predicted octanol–water partition coefficient (Wildman–Crippen LogP) is 4.07. The molecule has 1 N–H and O–H groups in total. The van der Waals surface area contributed by atoms with Gasteiger partial charge in [-0.2, -0.15) is 0 Å². The van der Waals surface area contributed by atoms with Crippen LogP contribution in [0.5, 0.6) is 0 Å². The maximum absolute atomic E-state index is 6.26. The minimum absolute atomic E-state index is 0.399. The Morgan fingerprint density at radius 3 is 2.95 bits per heavy atom. The van der Waals surface area contributed by atoms with Gasteiger partial charge in [-0.1, -0.05) is 23.7 Å². The molecule has 21 heavy (non-hydrogen) atoms. The zero-order valence-electron chi connectivity index (χ0n) is 12.0. The van der Waals surface area contributed by atoms with E-state index in [1.807, 2.05) is 18.3 Å². The van der Waals surface area contributed by atoms with Crippen molar-refractivity contribution < 1.29 is 0 Å². The maximum Gasteiger partial charge on any atom is 0.0510 e. The van der Waals surface area contributed by atoms with Gasteiger partial charge in [0.2, 0.25) is 0 Å². The standard InChI is InChI=1S/C18H19ClN2/c19-14-5-3-13(11-21-15-6-7-15)17(10-14)16-8-4-12-2-1-9-20-18(12)16/h1-3,5,9-10,15-16,21H,4,6-8,11H2. The lowest BCUT2D eigenvalue weighted by Crippen LogP contribution is -2.17. The number of rotatable bonds is 4. The molecule has 0 bridgehead atoms. The van der Waals surface area contributed by atoms with Crippen LogP contribution in [0.25, 0.3) is 0 Å². The first-order chi connectivity index (χ1) is 10.3. The van der Waals surface area contributed by atoms with Crippen molar-refractivity contribution in [2.75, 3.05) is 0 Å². The highest BCUT2D eigenvalue weighted by Gasteiger charge is 2.27. The summed E-state index contributed by atoms with van der Waals surface area (Å²) in [4.78, 5) is 4.63. The lowest BCUT2D eigenvalue weighted by atomic mass is 9.92. The molecule has 4 rings (SSSR count). The SMILES string of the molecule is Clc1ccc(CNC2CC2)c(C2CCc3cccnc32)c1. The fourth-order valence-corrected chi connectivity index (χ4v) is 3.49. The van der Waals surface area contributed by atoms with E-state index in [0.717, 1.165) is 30.5 Å². The van der Waals surface area contributed by atoms with Gasteiger partial charge in [0, 0.05) is 29.7 Å².